The van der Waals surface area contributed by atoms with E-state index < -0.39 is 17.6 Å². The largest absolute Gasteiger partial charge is 0.416 e. The van der Waals surface area contributed by atoms with E-state index in [-0.39, 0.29) is 42.2 Å². The summed E-state index contributed by atoms with van der Waals surface area (Å²) in [5.74, 6) is 0.513. The first-order valence-electron chi connectivity index (χ1n) is 13.9. The molecule has 40 heavy (non-hydrogen) atoms. The Morgan fingerprint density at radius 1 is 1.18 bits per heavy atom. The van der Waals surface area contributed by atoms with Crippen LogP contribution in [0.15, 0.2) is 36.4 Å². The number of carbonyl (C=O) groups is 1. The number of rotatable bonds is 7. The molecule has 2 aliphatic carbocycles. The molecule has 1 aromatic heterocycles. The SMILES string of the molecule is COC1CC(c2cccc(N3Cc4c(cc([C@@H](C)NC5(C)CCC5)cc4C(F)(F)F)C3=O)c2)(c2nn(C)n2C)C1.[HH]. The van der Waals surface area contributed by atoms with Gasteiger partial charge in [-0.15, -0.1) is 5.10 Å². The summed E-state index contributed by atoms with van der Waals surface area (Å²) in [7, 11) is 5.51. The Balaban J connectivity index is 0.00000337. The third-order valence-corrected chi connectivity index (χ3v) is 9.50. The predicted octanol–water partition coefficient (Wildman–Crippen LogP) is 5.87. The second-order valence-corrected chi connectivity index (χ2v) is 12.1. The monoisotopic (exact) mass is 557 g/mol. The Hall–Kier alpha value is -3.11. The van der Waals surface area contributed by atoms with E-state index in [0.29, 0.717) is 11.3 Å². The summed E-state index contributed by atoms with van der Waals surface area (Å²) in [6.07, 6.45) is 0.0867. The molecule has 216 valence electrons. The zero-order valence-corrected chi connectivity index (χ0v) is 23.6. The Labute approximate surface area is 233 Å². The number of alkyl halides is 3. The number of methoxy groups -OCH3 is 1. The predicted molar refractivity (Wildman–Crippen MR) is 147 cm³/mol. The Morgan fingerprint density at radius 3 is 2.48 bits per heavy atom. The van der Waals surface area contributed by atoms with E-state index in [4.69, 9.17) is 4.74 Å². The number of amides is 1. The van der Waals surface area contributed by atoms with Crippen molar-refractivity contribution in [2.75, 3.05) is 12.0 Å². The number of anilines is 1. The maximum Gasteiger partial charge on any atom is 0.416 e. The fourth-order valence-electron chi connectivity index (χ4n) is 6.78. The summed E-state index contributed by atoms with van der Waals surface area (Å²) in [5, 5.41) is 8.11. The van der Waals surface area contributed by atoms with Crippen LogP contribution < -0.4 is 10.2 Å². The van der Waals surface area contributed by atoms with Crippen molar-refractivity contribution >= 4 is 11.6 Å². The molecule has 2 aromatic carbocycles. The van der Waals surface area contributed by atoms with Crippen molar-refractivity contribution in [2.45, 2.75) is 81.8 Å². The van der Waals surface area contributed by atoms with Gasteiger partial charge in [-0.3, -0.25) is 9.48 Å². The standard InChI is InChI=1S/C30H36F3N5O2.H2/c1-18(34-28(2)10-7-11-28)19-12-23-24(25(13-19)30(31,32)33)17-38(26(23)39)21-9-6-8-20(14-21)29(15-22(16-29)40-5)27-35-37(4)36(27)3;/h6,8-9,12-14,18,22,34H,7,10-11,15-17H2,1-5H3;1H/t18-,22?,29?;/m1./s1. The fraction of sp³-hybridized carbons (Fsp3) is 0.533. The second-order valence-electron chi connectivity index (χ2n) is 12.1. The molecule has 1 N–H and O–H groups in total. The Kier molecular flexibility index (Phi) is 6.23. The van der Waals surface area contributed by atoms with Crippen molar-refractivity contribution in [1.82, 2.24) is 19.9 Å². The topological polar surface area (TPSA) is 64.3 Å². The molecule has 0 spiro atoms. The molecule has 0 saturated heterocycles. The third-order valence-electron chi connectivity index (χ3n) is 9.50. The molecule has 0 unspecified atom stereocenters. The highest BCUT2D eigenvalue weighted by Gasteiger charge is 2.51. The summed E-state index contributed by atoms with van der Waals surface area (Å²) in [4.78, 5) is 17.0. The number of aryl methyl sites for hydroxylation is 1. The number of ether oxygens (including phenoxy) is 1. The van der Waals surface area contributed by atoms with Crippen molar-refractivity contribution in [3.8, 4) is 0 Å². The first-order valence-corrected chi connectivity index (χ1v) is 13.9. The first kappa shape index (κ1) is 27.1. The van der Waals surface area contributed by atoms with Crippen LogP contribution in [-0.2, 0) is 37.0 Å². The van der Waals surface area contributed by atoms with Gasteiger partial charge in [-0.2, -0.15) is 13.2 Å². The normalized spacial score (nSPS) is 24.6. The van der Waals surface area contributed by atoms with Gasteiger partial charge >= 0.3 is 6.18 Å². The van der Waals surface area contributed by atoms with Gasteiger partial charge in [0.15, 0.2) is 5.82 Å². The summed E-state index contributed by atoms with van der Waals surface area (Å²) >= 11 is 0. The van der Waals surface area contributed by atoms with Crippen LogP contribution in [0, 0.1) is 0 Å². The number of aromatic nitrogens is 3. The summed E-state index contributed by atoms with van der Waals surface area (Å²) in [6, 6.07) is 10.2. The molecular weight excluding hydrogens is 519 g/mol. The second kappa shape index (κ2) is 9.21. The van der Waals surface area contributed by atoms with Crippen molar-refractivity contribution in [1.29, 1.82) is 0 Å². The van der Waals surface area contributed by atoms with Crippen LogP contribution in [0.2, 0.25) is 0 Å². The average Bonchev–Trinajstić information content (AvgIpc) is 3.21. The molecule has 0 radical (unpaired) electrons. The number of hydrogen-bond donors (Lipinski definition) is 1. The van der Waals surface area contributed by atoms with Gasteiger partial charge in [0.05, 0.1) is 23.6 Å². The smallest absolute Gasteiger partial charge is 0.381 e. The summed E-state index contributed by atoms with van der Waals surface area (Å²) in [6.45, 7) is 3.85. The number of nitrogens with one attached hydrogen (secondary N) is 1. The lowest BCUT2D eigenvalue weighted by Gasteiger charge is -2.48. The lowest BCUT2D eigenvalue weighted by molar-refractivity contribution is -0.138. The van der Waals surface area contributed by atoms with Crippen LogP contribution in [0.5, 0.6) is 0 Å². The highest BCUT2D eigenvalue weighted by Crippen LogP contribution is 2.51. The molecule has 2 saturated carbocycles. The summed E-state index contributed by atoms with van der Waals surface area (Å²) < 4.78 is 50.5. The van der Waals surface area contributed by atoms with Crippen LogP contribution >= 0.6 is 0 Å². The molecule has 1 atom stereocenters. The van der Waals surface area contributed by atoms with Crippen LogP contribution in [-0.4, -0.2) is 39.2 Å². The number of fused-ring (bicyclic) bond motifs is 1. The van der Waals surface area contributed by atoms with Gasteiger partial charge in [0.2, 0.25) is 0 Å². The van der Waals surface area contributed by atoms with Crippen LogP contribution in [0.4, 0.5) is 18.9 Å². The van der Waals surface area contributed by atoms with E-state index in [1.807, 2.05) is 43.9 Å². The van der Waals surface area contributed by atoms with Gasteiger partial charge < -0.3 is 15.0 Å². The minimum absolute atomic E-state index is 0. The molecule has 10 heteroatoms. The minimum atomic E-state index is -4.57. The van der Waals surface area contributed by atoms with Crippen LogP contribution in [0.3, 0.4) is 0 Å². The van der Waals surface area contributed by atoms with E-state index in [0.717, 1.165) is 43.5 Å². The van der Waals surface area contributed by atoms with E-state index in [1.54, 1.807) is 24.0 Å². The molecule has 0 bridgehead atoms. The van der Waals surface area contributed by atoms with Gasteiger partial charge in [0.1, 0.15) is 0 Å². The van der Waals surface area contributed by atoms with Crippen LogP contribution in [0.1, 0.15) is 91.9 Å². The fourth-order valence-corrected chi connectivity index (χ4v) is 6.78. The lowest BCUT2D eigenvalue weighted by atomic mass is 9.61. The number of benzene rings is 2. The Morgan fingerprint density at radius 2 is 1.90 bits per heavy atom. The van der Waals surface area contributed by atoms with E-state index in [1.165, 1.54) is 11.0 Å². The summed E-state index contributed by atoms with van der Waals surface area (Å²) in [5.41, 5.74) is 1.02. The maximum absolute atomic E-state index is 14.3. The molecule has 2 fully saturated rings. The van der Waals surface area contributed by atoms with E-state index >= 15 is 0 Å². The number of halogens is 3. The minimum Gasteiger partial charge on any atom is -0.381 e. The number of hydrogen-bond acceptors (Lipinski definition) is 4. The van der Waals surface area contributed by atoms with Gasteiger partial charge in [0.25, 0.3) is 5.91 Å². The van der Waals surface area contributed by atoms with Crippen molar-refractivity contribution < 1.29 is 24.1 Å². The number of carbonyl (C=O) groups excluding carboxylic acids is 1. The first-order chi connectivity index (χ1) is 18.8. The van der Waals surface area contributed by atoms with Crippen molar-refractivity contribution in [2.24, 2.45) is 14.1 Å². The van der Waals surface area contributed by atoms with E-state index in [9.17, 15) is 18.0 Å². The highest BCUT2D eigenvalue weighted by molar-refractivity contribution is 6.10. The van der Waals surface area contributed by atoms with Crippen molar-refractivity contribution in [3.63, 3.8) is 0 Å². The molecule has 1 amide bonds. The highest BCUT2D eigenvalue weighted by atomic mass is 19.4. The van der Waals surface area contributed by atoms with Crippen molar-refractivity contribution in [3.05, 3.63) is 70.0 Å². The molecule has 3 aromatic rings. The van der Waals surface area contributed by atoms with E-state index in [2.05, 4.69) is 17.3 Å². The van der Waals surface area contributed by atoms with Gasteiger partial charge in [-0.25, -0.2) is 4.80 Å². The molecule has 6 rings (SSSR count). The number of nitrogens with zero attached hydrogens (tertiary/aromatic N) is 4. The zero-order chi connectivity index (χ0) is 28.6. The zero-order valence-electron chi connectivity index (χ0n) is 23.6. The molecule has 7 nitrogen and oxygen atoms in total. The van der Waals surface area contributed by atoms with Gasteiger partial charge in [0, 0.05) is 45.5 Å². The van der Waals surface area contributed by atoms with Gasteiger partial charge in [-0.1, -0.05) is 12.1 Å². The average molecular weight is 558 g/mol. The molecule has 1 aliphatic heterocycles. The molecular formula is C30H38F3N5O2. The Bertz CT molecular complexity index is 1470. The maximum atomic E-state index is 14.3. The van der Waals surface area contributed by atoms with Crippen LogP contribution in [0.25, 0.3) is 0 Å². The van der Waals surface area contributed by atoms with Gasteiger partial charge in [-0.05, 0) is 86.9 Å². The lowest BCUT2D eigenvalue weighted by Crippen LogP contribution is -2.51. The molecule has 2 heterocycles. The third kappa shape index (κ3) is 4.18. The molecule has 3 aliphatic rings. The quantitative estimate of drug-likeness (QED) is 0.395.